The van der Waals surface area contributed by atoms with Crippen molar-refractivity contribution in [3.05, 3.63) is 58.7 Å². The van der Waals surface area contributed by atoms with Crippen LogP contribution in [0.5, 0.6) is 0 Å². The predicted octanol–water partition coefficient (Wildman–Crippen LogP) is 4.63. The largest absolute Gasteiger partial charge is 0.411 e. The van der Waals surface area contributed by atoms with Gasteiger partial charge in [-0.25, -0.2) is 0 Å². The van der Waals surface area contributed by atoms with Crippen molar-refractivity contribution in [2.75, 3.05) is 11.4 Å². The zero-order valence-electron chi connectivity index (χ0n) is 17.4. The summed E-state index contributed by atoms with van der Waals surface area (Å²) in [6, 6.07) is 11.6. The molecule has 0 saturated heterocycles. The number of amides is 1. The van der Waals surface area contributed by atoms with Crippen molar-refractivity contribution in [1.29, 1.82) is 0 Å². The summed E-state index contributed by atoms with van der Waals surface area (Å²) in [7, 11) is 0. The van der Waals surface area contributed by atoms with Gasteiger partial charge >= 0.3 is 0 Å². The van der Waals surface area contributed by atoms with E-state index >= 15 is 0 Å². The molecule has 2 heterocycles. The molecule has 1 amide bonds. The van der Waals surface area contributed by atoms with Crippen LogP contribution < -0.4 is 4.90 Å². The third-order valence-electron chi connectivity index (χ3n) is 5.16. The molecule has 0 spiro atoms. The van der Waals surface area contributed by atoms with Gasteiger partial charge in [0.05, 0.1) is 5.25 Å². The molecule has 0 aliphatic carbocycles. The van der Waals surface area contributed by atoms with E-state index in [1.165, 1.54) is 11.8 Å². The van der Waals surface area contributed by atoms with Gasteiger partial charge in [-0.05, 0) is 63.1 Å². The standard InChI is InChI=1S/C23H23N3O3S/c1-13-9-14(2)11-19(10-13)22-24-25-23(29-22)30-15(3)21(28)18-5-6-20-17(12-18)7-8-26(20)16(4)27/h5-6,9-12,15H,7-8H2,1-4H3/t15-/m1/s1. The number of carbonyl (C=O) groups excluding carboxylic acids is 2. The van der Waals surface area contributed by atoms with E-state index in [2.05, 4.69) is 16.3 Å². The van der Waals surface area contributed by atoms with E-state index < -0.39 is 0 Å². The third-order valence-corrected chi connectivity index (χ3v) is 6.10. The molecule has 0 unspecified atom stereocenters. The fourth-order valence-corrected chi connectivity index (χ4v) is 4.55. The molecular formula is C23H23N3O3S. The summed E-state index contributed by atoms with van der Waals surface area (Å²) in [5.74, 6) is 0.466. The number of anilines is 1. The fraction of sp³-hybridized carbons (Fsp3) is 0.304. The molecule has 0 bridgehead atoms. The molecule has 2 aromatic carbocycles. The average molecular weight is 422 g/mol. The van der Waals surface area contributed by atoms with Crippen molar-refractivity contribution in [1.82, 2.24) is 10.2 Å². The smallest absolute Gasteiger partial charge is 0.277 e. The van der Waals surface area contributed by atoms with Gasteiger partial charge < -0.3 is 9.32 Å². The topological polar surface area (TPSA) is 76.3 Å². The number of Topliss-reactive ketones (excluding diaryl/α,β-unsaturated/α-hetero) is 1. The minimum absolute atomic E-state index is 0.00442. The lowest BCUT2D eigenvalue weighted by molar-refractivity contribution is -0.116. The number of aryl methyl sites for hydroxylation is 2. The molecule has 1 atom stereocenters. The first-order valence-corrected chi connectivity index (χ1v) is 10.7. The van der Waals surface area contributed by atoms with E-state index in [0.29, 0.717) is 23.2 Å². The highest BCUT2D eigenvalue weighted by Gasteiger charge is 2.25. The monoisotopic (exact) mass is 421 g/mol. The molecule has 0 radical (unpaired) electrons. The molecule has 6 nitrogen and oxygen atoms in total. The predicted molar refractivity (Wildman–Crippen MR) is 117 cm³/mol. The molecule has 0 N–H and O–H groups in total. The van der Waals surface area contributed by atoms with Crippen LogP contribution >= 0.6 is 11.8 Å². The number of fused-ring (bicyclic) bond motifs is 1. The van der Waals surface area contributed by atoms with E-state index in [-0.39, 0.29) is 16.9 Å². The maximum absolute atomic E-state index is 12.9. The molecule has 4 rings (SSSR count). The summed E-state index contributed by atoms with van der Waals surface area (Å²) in [5.41, 5.74) is 5.69. The zero-order valence-corrected chi connectivity index (χ0v) is 18.2. The van der Waals surface area contributed by atoms with Crippen LogP contribution in [-0.4, -0.2) is 33.7 Å². The molecule has 154 valence electrons. The van der Waals surface area contributed by atoms with Gasteiger partial charge in [0, 0.05) is 30.3 Å². The van der Waals surface area contributed by atoms with Crippen molar-refractivity contribution < 1.29 is 14.0 Å². The molecular weight excluding hydrogens is 398 g/mol. The highest BCUT2D eigenvalue weighted by atomic mass is 32.2. The van der Waals surface area contributed by atoms with E-state index in [4.69, 9.17) is 4.42 Å². The van der Waals surface area contributed by atoms with Gasteiger partial charge in [-0.2, -0.15) is 0 Å². The number of benzene rings is 2. The first-order chi connectivity index (χ1) is 14.3. The molecule has 0 fully saturated rings. The Bertz CT molecular complexity index is 1120. The Labute approximate surface area is 179 Å². The summed E-state index contributed by atoms with van der Waals surface area (Å²) in [6.45, 7) is 8.10. The minimum Gasteiger partial charge on any atom is -0.411 e. The molecule has 3 aromatic rings. The number of thioether (sulfide) groups is 1. The van der Waals surface area contributed by atoms with Crippen molar-refractivity contribution in [2.45, 2.75) is 44.6 Å². The van der Waals surface area contributed by atoms with Crippen LogP contribution in [0.15, 0.2) is 46.0 Å². The number of hydrogen-bond donors (Lipinski definition) is 0. The summed E-state index contributed by atoms with van der Waals surface area (Å²) >= 11 is 1.25. The zero-order chi connectivity index (χ0) is 21.4. The number of aromatic nitrogens is 2. The molecule has 0 saturated carbocycles. The van der Waals surface area contributed by atoms with Gasteiger partial charge in [-0.15, -0.1) is 10.2 Å². The number of ketones is 1. The van der Waals surface area contributed by atoms with E-state index in [1.54, 1.807) is 17.9 Å². The quantitative estimate of drug-likeness (QED) is 0.442. The Morgan fingerprint density at radius 3 is 2.53 bits per heavy atom. The van der Waals surface area contributed by atoms with Gasteiger partial charge in [-0.1, -0.05) is 29.0 Å². The van der Waals surface area contributed by atoms with Crippen molar-refractivity contribution in [3.63, 3.8) is 0 Å². The Morgan fingerprint density at radius 1 is 1.10 bits per heavy atom. The molecule has 1 aliphatic heterocycles. The van der Waals surface area contributed by atoms with Crippen LogP contribution in [0.2, 0.25) is 0 Å². The summed E-state index contributed by atoms with van der Waals surface area (Å²) in [6.07, 6.45) is 0.764. The van der Waals surface area contributed by atoms with E-state index in [1.807, 2.05) is 45.0 Å². The van der Waals surface area contributed by atoms with Crippen LogP contribution in [0.3, 0.4) is 0 Å². The summed E-state index contributed by atoms with van der Waals surface area (Å²) in [5, 5.41) is 8.24. The van der Waals surface area contributed by atoms with Crippen LogP contribution in [0, 0.1) is 13.8 Å². The van der Waals surface area contributed by atoms with Crippen molar-refractivity contribution in [2.24, 2.45) is 0 Å². The average Bonchev–Trinajstić information content (AvgIpc) is 3.33. The SMILES string of the molecule is CC(=O)N1CCc2cc(C(=O)[C@@H](C)Sc3nnc(-c4cc(C)cc(C)c4)o3)ccc21. The summed E-state index contributed by atoms with van der Waals surface area (Å²) < 4.78 is 5.80. The second-order valence-electron chi connectivity index (χ2n) is 7.64. The maximum atomic E-state index is 12.9. The highest BCUT2D eigenvalue weighted by molar-refractivity contribution is 8.00. The fourth-order valence-electron chi connectivity index (χ4n) is 3.79. The molecule has 7 heteroatoms. The Hall–Kier alpha value is -2.93. The van der Waals surface area contributed by atoms with Crippen molar-refractivity contribution in [3.8, 4) is 11.5 Å². The van der Waals surface area contributed by atoms with Crippen LogP contribution in [-0.2, 0) is 11.2 Å². The van der Waals surface area contributed by atoms with Crippen LogP contribution in [0.4, 0.5) is 5.69 Å². The lowest BCUT2D eigenvalue weighted by Crippen LogP contribution is -2.25. The molecule has 1 aromatic heterocycles. The Balaban J connectivity index is 1.48. The minimum atomic E-state index is -0.374. The molecule has 30 heavy (non-hydrogen) atoms. The van der Waals surface area contributed by atoms with E-state index in [0.717, 1.165) is 34.4 Å². The van der Waals surface area contributed by atoms with Crippen molar-refractivity contribution >= 4 is 29.1 Å². The maximum Gasteiger partial charge on any atom is 0.277 e. The van der Waals surface area contributed by atoms with Gasteiger partial charge in [0.15, 0.2) is 5.78 Å². The Morgan fingerprint density at radius 2 is 1.83 bits per heavy atom. The first-order valence-electron chi connectivity index (χ1n) is 9.86. The van der Waals surface area contributed by atoms with Gasteiger partial charge in [0.1, 0.15) is 0 Å². The highest BCUT2D eigenvalue weighted by Crippen LogP contribution is 2.32. The molecule has 1 aliphatic rings. The normalized spacial score (nSPS) is 13.9. The number of carbonyl (C=O) groups is 2. The first kappa shape index (κ1) is 20.3. The lowest BCUT2D eigenvalue weighted by atomic mass is 10.0. The second-order valence-corrected chi connectivity index (χ2v) is 8.93. The van der Waals surface area contributed by atoms with Crippen LogP contribution in [0.25, 0.3) is 11.5 Å². The van der Waals surface area contributed by atoms with Gasteiger partial charge in [0.25, 0.3) is 5.22 Å². The van der Waals surface area contributed by atoms with Crippen LogP contribution in [0.1, 0.15) is 40.9 Å². The third kappa shape index (κ3) is 4.03. The van der Waals surface area contributed by atoms with E-state index in [9.17, 15) is 9.59 Å². The number of rotatable bonds is 5. The number of nitrogens with zero attached hydrogens (tertiary/aromatic N) is 3. The van der Waals surface area contributed by atoms with Gasteiger partial charge in [-0.3, -0.25) is 9.59 Å². The number of hydrogen-bond acceptors (Lipinski definition) is 6. The second kappa shape index (κ2) is 8.07. The summed E-state index contributed by atoms with van der Waals surface area (Å²) in [4.78, 5) is 26.4. The van der Waals surface area contributed by atoms with Gasteiger partial charge in [0.2, 0.25) is 11.8 Å². The lowest BCUT2D eigenvalue weighted by Gasteiger charge is -2.15. The Kier molecular flexibility index (Phi) is 5.47.